The molecule has 0 saturated carbocycles. The van der Waals surface area contributed by atoms with E-state index >= 15 is 4.39 Å². The monoisotopic (exact) mass is 667 g/mol. The standard InChI is InChI=1S/C32H30FN3O10S/c1-6-44-27(37)16-34-31(39)46-32(19-8-10-24(40-2)21(33)15-19)20(11-17-12-25(41-3)29(43-5)26(13-17)42-4)28(30(38)45-32)18-7-9-22-23(14-18)36-47-35-22/h7-10,12-15H,6,11,16H2,1-5H3,(H,34,39). The van der Waals surface area contributed by atoms with Gasteiger partial charge in [-0.1, -0.05) is 6.07 Å². The van der Waals surface area contributed by atoms with Crippen molar-refractivity contribution < 1.29 is 51.9 Å². The molecule has 15 heteroatoms. The Morgan fingerprint density at radius 3 is 2.26 bits per heavy atom. The fourth-order valence-electron chi connectivity index (χ4n) is 5.18. The van der Waals surface area contributed by atoms with Gasteiger partial charge in [0.25, 0.3) is 0 Å². The Balaban J connectivity index is 1.74. The number of aromatic nitrogens is 2. The van der Waals surface area contributed by atoms with Gasteiger partial charge in [-0.3, -0.25) is 4.79 Å². The summed E-state index contributed by atoms with van der Waals surface area (Å²) in [7, 11) is 5.65. The SMILES string of the molecule is CCOC(=O)CNC(=O)OC1(c2ccc(OC)c(F)c2)OC(=O)C(c2ccc3nsnc3c2)=C1Cc1cc(OC)c(OC)c(OC)c1. The summed E-state index contributed by atoms with van der Waals surface area (Å²) in [6.07, 6.45) is -1.26. The van der Waals surface area contributed by atoms with E-state index in [1.165, 1.54) is 40.6 Å². The van der Waals surface area contributed by atoms with Crippen molar-refractivity contribution in [1.82, 2.24) is 14.1 Å². The molecule has 3 aromatic carbocycles. The number of nitrogens with one attached hydrogen (secondary N) is 1. The summed E-state index contributed by atoms with van der Waals surface area (Å²) in [6, 6.07) is 12.0. The highest BCUT2D eigenvalue weighted by molar-refractivity contribution is 7.00. The van der Waals surface area contributed by atoms with Gasteiger partial charge in [-0.05, 0) is 60.5 Å². The Kier molecular flexibility index (Phi) is 9.75. The van der Waals surface area contributed by atoms with Gasteiger partial charge < -0.3 is 38.5 Å². The Morgan fingerprint density at radius 2 is 1.62 bits per heavy atom. The van der Waals surface area contributed by atoms with Crippen LogP contribution in [0.5, 0.6) is 23.0 Å². The number of benzene rings is 3. The lowest BCUT2D eigenvalue weighted by Crippen LogP contribution is -2.41. The highest BCUT2D eigenvalue weighted by atomic mass is 32.1. The van der Waals surface area contributed by atoms with Gasteiger partial charge in [0.05, 0.1) is 52.3 Å². The molecular formula is C32H30FN3O10S. The number of nitrogens with zero attached hydrogens (tertiary/aromatic N) is 2. The van der Waals surface area contributed by atoms with E-state index < -0.39 is 36.2 Å². The molecule has 1 aliphatic heterocycles. The maximum atomic E-state index is 15.3. The third-order valence-electron chi connectivity index (χ3n) is 7.24. The highest BCUT2D eigenvalue weighted by Gasteiger charge is 2.53. The van der Waals surface area contributed by atoms with Crippen LogP contribution in [0.1, 0.15) is 23.6 Å². The van der Waals surface area contributed by atoms with Crippen LogP contribution in [0.2, 0.25) is 0 Å². The average molecular weight is 668 g/mol. The third-order valence-corrected chi connectivity index (χ3v) is 7.79. The second-order valence-electron chi connectivity index (χ2n) is 9.94. The molecule has 0 fully saturated rings. The van der Waals surface area contributed by atoms with Crippen LogP contribution >= 0.6 is 11.7 Å². The number of hydrogen-bond acceptors (Lipinski definition) is 13. The Labute approximate surface area is 272 Å². The summed E-state index contributed by atoms with van der Waals surface area (Å²) in [5.41, 5.74) is 2.12. The van der Waals surface area contributed by atoms with Crippen molar-refractivity contribution in [3.8, 4) is 23.0 Å². The predicted octanol–water partition coefficient (Wildman–Crippen LogP) is 4.56. The normalized spacial score (nSPS) is 15.7. The minimum atomic E-state index is -2.33. The van der Waals surface area contributed by atoms with E-state index in [-0.39, 0.29) is 35.5 Å². The summed E-state index contributed by atoms with van der Waals surface area (Å²) in [6.45, 7) is 1.16. The van der Waals surface area contributed by atoms with E-state index in [4.69, 9.17) is 33.2 Å². The largest absolute Gasteiger partial charge is 0.494 e. The minimum Gasteiger partial charge on any atom is -0.494 e. The first-order chi connectivity index (χ1) is 22.7. The number of cyclic esters (lactones) is 1. The maximum Gasteiger partial charge on any atom is 0.411 e. The van der Waals surface area contributed by atoms with Crippen LogP contribution in [-0.2, 0) is 36.0 Å². The Hall–Kier alpha value is -5.44. The number of carbonyl (C=O) groups excluding carboxylic acids is 3. The molecule has 1 aromatic heterocycles. The molecule has 13 nitrogen and oxygen atoms in total. The summed E-state index contributed by atoms with van der Waals surface area (Å²) in [4.78, 5) is 39.3. The Bertz CT molecular complexity index is 1850. The van der Waals surface area contributed by atoms with E-state index in [2.05, 4.69) is 14.1 Å². The Morgan fingerprint density at radius 1 is 0.915 bits per heavy atom. The van der Waals surface area contributed by atoms with Gasteiger partial charge in [-0.25, -0.2) is 14.0 Å². The van der Waals surface area contributed by atoms with Gasteiger partial charge in [0.15, 0.2) is 23.1 Å². The first-order valence-electron chi connectivity index (χ1n) is 14.1. The fraction of sp³-hybridized carbons (Fsp3) is 0.281. The van der Waals surface area contributed by atoms with Gasteiger partial charge in [0, 0.05) is 17.6 Å². The van der Waals surface area contributed by atoms with Crippen molar-refractivity contribution in [3.63, 3.8) is 0 Å². The van der Waals surface area contributed by atoms with Crippen LogP contribution in [0.3, 0.4) is 0 Å². The zero-order chi connectivity index (χ0) is 33.7. The van der Waals surface area contributed by atoms with Gasteiger partial charge in [-0.15, -0.1) is 0 Å². The molecule has 0 spiro atoms. The smallest absolute Gasteiger partial charge is 0.411 e. The topological polar surface area (TPSA) is 154 Å². The molecular weight excluding hydrogens is 637 g/mol. The number of carbonyl (C=O) groups is 3. The van der Waals surface area contributed by atoms with Crippen molar-refractivity contribution in [1.29, 1.82) is 0 Å². The van der Waals surface area contributed by atoms with Crippen LogP contribution in [0.15, 0.2) is 54.1 Å². The van der Waals surface area contributed by atoms with Crippen LogP contribution in [0.4, 0.5) is 9.18 Å². The van der Waals surface area contributed by atoms with Gasteiger partial charge in [0.1, 0.15) is 17.6 Å². The van der Waals surface area contributed by atoms with Crippen molar-refractivity contribution in [2.24, 2.45) is 0 Å². The lowest BCUT2D eigenvalue weighted by atomic mass is 9.87. The molecule has 1 amide bonds. The molecule has 1 aliphatic rings. The molecule has 0 bridgehead atoms. The molecule has 2 heterocycles. The summed E-state index contributed by atoms with van der Waals surface area (Å²) < 4.78 is 62.2. The predicted molar refractivity (Wildman–Crippen MR) is 166 cm³/mol. The number of alkyl carbamates (subject to hydrolysis) is 1. The summed E-state index contributed by atoms with van der Waals surface area (Å²) in [5, 5.41) is 2.31. The average Bonchev–Trinajstić information content (AvgIpc) is 3.64. The van der Waals surface area contributed by atoms with Crippen molar-refractivity contribution >= 4 is 46.4 Å². The maximum absolute atomic E-state index is 15.3. The van der Waals surface area contributed by atoms with Crippen LogP contribution in [0, 0.1) is 5.82 Å². The molecule has 47 heavy (non-hydrogen) atoms. The molecule has 0 aliphatic carbocycles. The lowest BCUT2D eigenvalue weighted by molar-refractivity contribution is -0.185. The number of hydrogen-bond donors (Lipinski definition) is 1. The zero-order valence-corrected chi connectivity index (χ0v) is 26.8. The van der Waals surface area contributed by atoms with Crippen LogP contribution < -0.4 is 24.3 Å². The second kappa shape index (κ2) is 13.9. The minimum absolute atomic E-state index is 0.0306. The molecule has 246 valence electrons. The molecule has 0 saturated heterocycles. The fourth-order valence-corrected chi connectivity index (χ4v) is 5.69. The number of ether oxygens (including phenoxy) is 7. The number of halogens is 1. The first kappa shape index (κ1) is 32.9. The number of methoxy groups -OCH3 is 4. The van der Waals surface area contributed by atoms with Crippen molar-refractivity contribution in [2.45, 2.75) is 19.1 Å². The summed E-state index contributed by atoms with van der Waals surface area (Å²) >= 11 is 1.00. The molecule has 1 unspecified atom stereocenters. The summed E-state index contributed by atoms with van der Waals surface area (Å²) in [5.74, 6) is -3.87. The van der Waals surface area contributed by atoms with Crippen LogP contribution in [0.25, 0.3) is 16.6 Å². The van der Waals surface area contributed by atoms with E-state index in [1.807, 2.05) is 0 Å². The van der Waals surface area contributed by atoms with Gasteiger partial charge in [0.2, 0.25) is 5.75 Å². The first-order valence-corrected chi connectivity index (χ1v) is 14.9. The number of rotatable bonds is 12. The molecule has 1 atom stereocenters. The molecule has 0 radical (unpaired) electrons. The number of esters is 2. The molecule has 1 N–H and O–H groups in total. The van der Waals surface area contributed by atoms with E-state index in [1.54, 1.807) is 37.3 Å². The number of fused-ring (bicyclic) bond motifs is 1. The lowest BCUT2D eigenvalue weighted by Gasteiger charge is -2.31. The molecule has 4 aromatic rings. The van der Waals surface area contributed by atoms with Crippen molar-refractivity contribution in [2.75, 3.05) is 41.6 Å². The van der Waals surface area contributed by atoms with E-state index in [0.717, 1.165) is 17.8 Å². The van der Waals surface area contributed by atoms with Gasteiger partial charge in [-0.2, -0.15) is 8.75 Å². The highest BCUT2D eigenvalue weighted by Crippen LogP contribution is 2.49. The quantitative estimate of drug-likeness (QED) is 0.211. The van der Waals surface area contributed by atoms with Gasteiger partial charge >= 0.3 is 23.8 Å². The zero-order valence-electron chi connectivity index (χ0n) is 26.0. The number of amides is 1. The molecule has 5 rings (SSSR count). The van der Waals surface area contributed by atoms with E-state index in [9.17, 15) is 14.4 Å². The van der Waals surface area contributed by atoms with E-state index in [0.29, 0.717) is 39.4 Å². The third kappa shape index (κ3) is 6.47. The second-order valence-corrected chi connectivity index (χ2v) is 10.5. The van der Waals surface area contributed by atoms with Crippen LogP contribution in [-0.4, -0.2) is 68.4 Å². The van der Waals surface area contributed by atoms with Crippen molar-refractivity contribution in [3.05, 3.63) is 76.6 Å².